The van der Waals surface area contributed by atoms with Gasteiger partial charge in [0.25, 0.3) is 11.8 Å². The van der Waals surface area contributed by atoms with Gasteiger partial charge in [0.1, 0.15) is 6.10 Å². The van der Waals surface area contributed by atoms with E-state index in [1.54, 1.807) is 19.9 Å². The number of nitrogens with one attached hydrogen (secondary N) is 1. The van der Waals surface area contributed by atoms with Crippen LogP contribution in [0.5, 0.6) is 0 Å². The average Bonchev–Trinajstić information content (AvgIpc) is 3.28. The zero-order valence-electron chi connectivity index (χ0n) is 15.2. The summed E-state index contributed by atoms with van der Waals surface area (Å²) in [5, 5.41) is 16.5. The quantitative estimate of drug-likeness (QED) is 0.788. The topological polar surface area (TPSA) is 97.5 Å². The second-order valence-corrected chi connectivity index (χ2v) is 7.25. The fourth-order valence-electron chi connectivity index (χ4n) is 2.82. The Morgan fingerprint density at radius 2 is 2.27 bits per heavy atom. The predicted molar refractivity (Wildman–Crippen MR) is 94.5 cm³/mol. The summed E-state index contributed by atoms with van der Waals surface area (Å²) in [7, 11) is 0. The molecule has 0 spiro atoms. The third kappa shape index (κ3) is 5.12. The number of aromatic nitrogens is 2. The lowest BCUT2D eigenvalue weighted by Gasteiger charge is -2.16. The molecule has 0 unspecified atom stereocenters. The van der Waals surface area contributed by atoms with Crippen molar-refractivity contribution in [3.63, 3.8) is 0 Å². The molecule has 7 nitrogen and oxygen atoms in total. The van der Waals surface area contributed by atoms with Crippen molar-refractivity contribution in [2.45, 2.75) is 57.8 Å². The van der Waals surface area contributed by atoms with Gasteiger partial charge in [-0.1, -0.05) is 17.3 Å². The summed E-state index contributed by atoms with van der Waals surface area (Å²) >= 11 is 0. The molecule has 2 aromatic rings. The van der Waals surface area contributed by atoms with E-state index >= 15 is 0 Å². The lowest BCUT2D eigenvalue weighted by Crippen LogP contribution is -2.23. The minimum absolute atomic E-state index is 0.126. The third-order valence-electron chi connectivity index (χ3n) is 4.31. The molecule has 1 fully saturated rings. The highest BCUT2D eigenvalue weighted by molar-refractivity contribution is 5.94. The standard InChI is InChI=1S/C19H25N3O4/c1-19(2,24)9-8-13-5-3-6-14(11-13)17(23)20-12-16-21-18(26-22-16)15-7-4-10-25-15/h3,5-6,11,15,24H,4,7-10,12H2,1-2H3,(H,20,23)/t15-/m1/s1. The Hall–Kier alpha value is -2.25. The number of ether oxygens (including phenoxy) is 1. The number of nitrogens with zero attached hydrogens (tertiary/aromatic N) is 2. The first kappa shape index (κ1) is 18.5. The molecule has 7 heteroatoms. The molecule has 2 heterocycles. The first-order valence-corrected chi connectivity index (χ1v) is 8.94. The molecular weight excluding hydrogens is 334 g/mol. The van der Waals surface area contributed by atoms with Crippen LogP contribution in [0, 0.1) is 0 Å². The van der Waals surface area contributed by atoms with Gasteiger partial charge < -0.3 is 19.7 Å². The second kappa shape index (κ2) is 7.97. The van der Waals surface area contributed by atoms with Crippen LogP contribution in [0.25, 0.3) is 0 Å². The smallest absolute Gasteiger partial charge is 0.255 e. The average molecular weight is 359 g/mol. The zero-order valence-corrected chi connectivity index (χ0v) is 15.2. The summed E-state index contributed by atoms with van der Waals surface area (Å²) in [4.78, 5) is 16.6. The van der Waals surface area contributed by atoms with Gasteiger partial charge in [0.15, 0.2) is 5.82 Å². The number of aryl methyl sites for hydroxylation is 1. The summed E-state index contributed by atoms with van der Waals surface area (Å²) in [5.41, 5.74) is 0.860. The highest BCUT2D eigenvalue weighted by Crippen LogP contribution is 2.26. The Bertz CT molecular complexity index is 745. The van der Waals surface area contributed by atoms with Gasteiger partial charge >= 0.3 is 0 Å². The molecular formula is C19H25N3O4. The molecule has 0 bridgehead atoms. The second-order valence-electron chi connectivity index (χ2n) is 7.25. The Balaban J connectivity index is 1.54. The molecule has 1 aromatic heterocycles. The number of aliphatic hydroxyl groups is 1. The number of hydrogen-bond donors (Lipinski definition) is 2. The molecule has 140 valence electrons. The molecule has 0 aliphatic carbocycles. The van der Waals surface area contributed by atoms with E-state index in [2.05, 4.69) is 15.5 Å². The Morgan fingerprint density at radius 1 is 1.42 bits per heavy atom. The number of amides is 1. The maximum Gasteiger partial charge on any atom is 0.255 e. The van der Waals surface area contributed by atoms with E-state index in [-0.39, 0.29) is 18.6 Å². The van der Waals surface area contributed by atoms with E-state index in [1.165, 1.54) is 0 Å². The first-order chi connectivity index (χ1) is 12.4. The minimum Gasteiger partial charge on any atom is -0.390 e. The molecule has 1 aromatic carbocycles. The van der Waals surface area contributed by atoms with Crippen molar-refractivity contribution in [1.82, 2.24) is 15.5 Å². The Morgan fingerprint density at radius 3 is 3.00 bits per heavy atom. The third-order valence-corrected chi connectivity index (χ3v) is 4.31. The van der Waals surface area contributed by atoms with Gasteiger partial charge in [-0.15, -0.1) is 0 Å². The SMILES string of the molecule is CC(C)(O)CCc1cccc(C(=O)NCc2noc([C@H]3CCCO3)n2)c1. The van der Waals surface area contributed by atoms with Crippen LogP contribution in [0.15, 0.2) is 28.8 Å². The number of hydrogen-bond acceptors (Lipinski definition) is 6. The van der Waals surface area contributed by atoms with Crippen molar-refractivity contribution < 1.29 is 19.2 Å². The van der Waals surface area contributed by atoms with Crippen molar-refractivity contribution in [3.05, 3.63) is 47.1 Å². The summed E-state index contributed by atoms with van der Waals surface area (Å²) in [6.07, 6.45) is 3.08. The Labute approximate surface area is 152 Å². The van der Waals surface area contributed by atoms with Crippen LogP contribution >= 0.6 is 0 Å². The van der Waals surface area contributed by atoms with Crippen molar-refractivity contribution >= 4 is 5.91 Å². The summed E-state index contributed by atoms with van der Waals surface area (Å²) in [6.45, 7) is 4.46. The fraction of sp³-hybridized carbons (Fsp3) is 0.526. The van der Waals surface area contributed by atoms with E-state index in [0.717, 1.165) is 18.4 Å². The summed E-state index contributed by atoms with van der Waals surface area (Å²) in [5.74, 6) is 0.709. The van der Waals surface area contributed by atoms with E-state index in [1.807, 2.05) is 18.2 Å². The van der Waals surface area contributed by atoms with Gasteiger partial charge in [0, 0.05) is 12.2 Å². The molecule has 2 N–H and O–H groups in total. The van der Waals surface area contributed by atoms with Crippen LogP contribution in [-0.4, -0.2) is 33.4 Å². The van der Waals surface area contributed by atoms with Crippen LogP contribution in [0.2, 0.25) is 0 Å². The van der Waals surface area contributed by atoms with Gasteiger partial charge in [-0.05, 0) is 57.2 Å². The van der Waals surface area contributed by atoms with Gasteiger partial charge in [-0.25, -0.2) is 0 Å². The number of carbonyl (C=O) groups is 1. The molecule has 1 atom stereocenters. The zero-order chi connectivity index (χ0) is 18.6. The van der Waals surface area contributed by atoms with Crippen LogP contribution in [0.3, 0.4) is 0 Å². The first-order valence-electron chi connectivity index (χ1n) is 8.94. The van der Waals surface area contributed by atoms with Crippen molar-refractivity contribution in [2.24, 2.45) is 0 Å². The maximum absolute atomic E-state index is 12.4. The molecule has 0 radical (unpaired) electrons. The van der Waals surface area contributed by atoms with Gasteiger partial charge in [0.05, 0.1) is 12.1 Å². The van der Waals surface area contributed by atoms with E-state index < -0.39 is 5.60 Å². The maximum atomic E-state index is 12.4. The van der Waals surface area contributed by atoms with Gasteiger partial charge in [-0.3, -0.25) is 4.79 Å². The van der Waals surface area contributed by atoms with Gasteiger partial charge in [0.2, 0.25) is 0 Å². The highest BCUT2D eigenvalue weighted by Gasteiger charge is 2.24. The van der Waals surface area contributed by atoms with Crippen LogP contribution < -0.4 is 5.32 Å². The monoisotopic (exact) mass is 359 g/mol. The Kier molecular flexibility index (Phi) is 5.68. The molecule has 3 rings (SSSR count). The molecule has 1 aliphatic heterocycles. The van der Waals surface area contributed by atoms with Crippen molar-refractivity contribution in [3.8, 4) is 0 Å². The summed E-state index contributed by atoms with van der Waals surface area (Å²) in [6, 6.07) is 7.40. The molecule has 0 saturated carbocycles. The molecule has 1 saturated heterocycles. The largest absolute Gasteiger partial charge is 0.390 e. The van der Waals surface area contributed by atoms with E-state index in [0.29, 0.717) is 36.7 Å². The number of rotatable bonds is 7. The highest BCUT2D eigenvalue weighted by atomic mass is 16.5. The minimum atomic E-state index is -0.725. The van der Waals surface area contributed by atoms with Crippen LogP contribution in [-0.2, 0) is 17.7 Å². The molecule has 26 heavy (non-hydrogen) atoms. The number of benzene rings is 1. The van der Waals surface area contributed by atoms with Crippen molar-refractivity contribution in [1.29, 1.82) is 0 Å². The van der Waals surface area contributed by atoms with Gasteiger partial charge in [-0.2, -0.15) is 4.98 Å². The number of carbonyl (C=O) groups excluding carboxylic acids is 1. The van der Waals surface area contributed by atoms with Crippen molar-refractivity contribution in [2.75, 3.05) is 6.61 Å². The molecule has 1 aliphatic rings. The lowest BCUT2D eigenvalue weighted by molar-refractivity contribution is 0.0714. The van der Waals surface area contributed by atoms with E-state index in [4.69, 9.17) is 9.26 Å². The summed E-state index contributed by atoms with van der Waals surface area (Å²) < 4.78 is 10.7. The fourth-order valence-corrected chi connectivity index (χ4v) is 2.82. The van der Waals surface area contributed by atoms with Crippen LogP contribution in [0.1, 0.15) is 66.9 Å². The molecule has 1 amide bonds. The lowest BCUT2D eigenvalue weighted by atomic mass is 9.98. The van der Waals surface area contributed by atoms with Crippen LogP contribution in [0.4, 0.5) is 0 Å². The normalized spacial score (nSPS) is 17.4. The predicted octanol–water partition coefficient (Wildman–Crippen LogP) is 2.55. The van der Waals surface area contributed by atoms with E-state index in [9.17, 15) is 9.90 Å².